The van der Waals surface area contributed by atoms with Crippen LogP contribution in [0, 0.1) is 0 Å². The van der Waals surface area contributed by atoms with E-state index in [0.717, 1.165) is 39.9 Å². The third kappa shape index (κ3) is 6.96. The van der Waals surface area contributed by atoms with Crippen molar-refractivity contribution in [1.29, 1.82) is 0 Å². The molecule has 11 nitrogen and oxygen atoms in total. The molecule has 0 fully saturated rings. The van der Waals surface area contributed by atoms with E-state index in [0.29, 0.717) is 18.8 Å². The van der Waals surface area contributed by atoms with Crippen LogP contribution in [-0.2, 0) is 24.2 Å². The number of aromatic amines is 1. The summed E-state index contributed by atoms with van der Waals surface area (Å²) in [6.45, 7) is 2.44. The Kier molecular flexibility index (Phi) is 8.92. The molecule has 0 spiro atoms. The molecule has 0 saturated heterocycles. The van der Waals surface area contributed by atoms with Gasteiger partial charge in [-0.3, -0.25) is 9.48 Å². The van der Waals surface area contributed by atoms with E-state index >= 15 is 0 Å². The zero-order valence-electron chi connectivity index (χ0n) is 23.4. The highest BCUT2D eigenvalue weighted by atomic mass is 16.5. The van der Waals surface area contributed by atoms with Crippen LogP contribution in [0.2, 0.25) is 0 Å². The van der Waals surface area contributed by atoms with Gasteiger partial charge in [0.05, 0.1) is 12.6 Å². The molecule has 2 heterocycles. The fraction of sp³-hybridized carbons (Fsp3) is 0.219. The molecule has 0 aliphatic carbocycles. The molecule has 0 bridgehead atoms. The van der Waals surface area contributed by atoms with Crippen LogP contribution in [0.3, 0.4) is 0 Å². The monoisotopic (exact) mass is 581 g/mol. The number of aryl methyl sites for hydroxylation is 1. The SMILES string of the molecule is CCCc1cc(C(=O)NC(Cc2ccccc2)C(O)C(=O)O)nn1Cc1ccc(-c2ccccc2-c2nc(=O)o[nH]2)cc1. The minimum absolute atomic E-state index is 0.144. The van der Waals surface area contributed by atoms with Crippen molar-refractivity contribution in [2.45, 2.75) is 44.9 Å². The van der Waals surface area contributed by atoms with Gasteiger partial charge in [0, 0.05) is 11.3 Å². The Balaban J connectivity index is 1.35. The highest BCUT2D eigenvalue weighted by Gasteiger charge is 2.29. The minimum atomic E-state index is -1.78. The number of nitrogens with one attached hydrogen (secondary N) is 2. The number of aliphatic hydroxyl groups excluding tert-OH is 1. The van der Waals surface area contributed by atoms with Crippen LogP contribution in [0.15, 0.2) is 94.2 Å². The Hall–Kier alpha value is -5.29. The summed E-state index contributed by atoms with van der Waals surface area (Å²) in [5.74, 6) is -2.33. The number of amides is 1. The van der Waals surface area contributed by atoms with Crippen molar-refractivity contribution in [3.8, 4) is 22.5 Å². The van der Waals surface area contributed by atoms with Gasteiger partial charge in [0.15, 0.2) is 11.9 Å². The molecule has 220 valence electrons. The zero-order valence-corrected chi connectivity index (χ0v) is 23.4. The summed E-state index contributed by atoms with van der Waals surface area (Å²) in [5.41, 5.74) is 5.25. The molecule has 0 aliphatic heterocycles. The van der Waals surface area contributed by atoms with Crippen LogP contribution in [0.25, 0.3) is 22.5 Å². The van der Waals surface area contributed by atoms with Gasteiger partial charge in [-0.15, -0.1) is 0 Å². The molecule has 3 aromatic carbocycles. The van der Waals surface area contributed by atoms with Gasteiger partial charge in [-0.1, -0.05) is 92.2 Å². The lowest BCUT2D eigenvalue weighted by Gasteiger charge is -2.21. The largest absolute Gasteiger partial charge is 0.479 e. The molecular weight excluding hydrogens is 550 g/mol. The van der Waals surface area contributed by atoms with E-state index in [1.165, 1.54) is 0 Å². The molecule has 5 aromatic rings. The molecule has 0 saturated carbocycles. The van der Waals surface area contributed by atoms with Gasteiger partial charge < -0.3 is 20.1 Å². The van der Waals surface area contributed by atoms with Crippen molar-refractivity contribution in [2.24, 2.45) is 0 Å². The lowest BCUT2D eigenvalue weighted by atomic mass is 9.98. The molecule has 2 aromatic heterocycles. The number of aromatic nitrogens is 4. The lowest BCUT2D eigenvalue weighted by Crippen LogP contribution is -2.48. The molecule has 11 heteroatoms. The van der Waals surface area contributed by atoms with Crippen molar-refractivity contribution in [3.63, 3.8) is 0 Å². The first-order valence-electron chi connectivity index (χ1n) is 13.9. The summed E-state index contributed by atoms with van der Waals surface area (Å²) in [6.07, 6.45) is -0.118. The molecule has 4 N–H and O–H groups in total. The average Bonchev–Trinajstić information content (AvgIpc) is 3.63. The maximum atomic E-state index is 13.2. The summed E-state index contributed by atoms with van der Waals surface area (Å²) in [6, 6.07) is 25.1. The van der Waals surface area contributed by atoms with E-state index in [1.807, 2.05) is 73.7 Å². The zero-order chi connectivity index (χ0) is 30.3. The Morgan fingerprint density at radius 3 is 2.33 bits per heavy atom. The molecule has 43 heavy (non-hydrogen) atoms. The minimum Gasteiger partial charge on any atom is -0.479 e. The average molecular weight is 582 g/mol. The van der Waals surface area contributed by atoms with Gasteiger partial charge in [0.1, 0.15) is 5.69 Å². The van der Waals surface area contributed by atoms with Crippen molar-refractivity contribution >= 4 is 11.9 Å². The van der Waals surface area contributed by atoms with Gasteiger partial charge >= 0.3 is 11.7 Å². The molecule has 0 aliphatic rings. The van der Waals surface area contributed by atoms with Gasteiger partial charge in [0.2, 0.25) is 0 Å². The van der Waals surface area contributed by atoms with Crippen molar-refractivity contribution in [2.75, 3.05) is 0 Å². The summed E-state index contributed by atoms with van der Waals surface area (Å²) < 4.78 is 6.51. The molecule has 2 atom stereocenters. The number of carbonyl (C=O) groups is 2. The molecule has 1 amide bonds. The third-order valence-electron chi connectivity index (χ3n) is 7.07. The number of benzene rings is 3. The second-order valence-corrected chi connectivity index (χ2v) is 10.2. The standard InChI is InChI=1S/C32H31N5O6/c1-2-8-23-18-27(30(39)33-26(28(38)31(40)41)17-20-9-4-3-5-10-20)35-37(23)19-21-13-15-22(16-14-21)24-11-6-7-12-25(24)29-34-32(42)43-36-29/h3-7,9-16,18,26,28,38H,2,8,17,19H2,1H3,(H,33,39)(H,40,41)(H,34,36,42). The Morgan fingerprint density at radius 1 is 0.977 bits per heavy atom. The first kappa shape index (κ1) is 29.2. The second kappa shape index (κ2) is 13.1. The number of hydrogen-bond acceptors (Lipinski definition) is 7. The summed E-state index contributed by atoms with van der Waals surface area (Å²) in [7, 11) is 0. The number of nitrogens with zero attached hydrogens (tertiary/aromatic N) is 3. The van der Waals surface area contributed by atoms with Crippen molar-refractivity contribution < 1.29 is 24.3 Å². The van der Waals surface area contributed by atoms with E-state index < -0.39 is 29.8 Å². The van der Waals surface area contributed by atoms with E-state index in [1.54, 1.807) is 22.9 Å². The Labute approximate surface area is 246 Å². The number of carboxylic acid groups (broad SMARTS) is 1. The predicted molar refractivity (Wildman–Crippen MR) is 158 cm³/mol. The number of hydrogen-bond donors (Lipinski definition) is 4. The number of H-pyrrole nitrogens is 1. The van der Waals surface area contributed by atoms with Gasteiger partial charge in [0.25, 0.3) is 5.91 Å². The number of aliphatic carboxylic acids is 1. The van der Waals surface area contributed by atoms with Crippen LogP contribution in [0.5, 0.6) is 0 Å². The highest BCUT2D eigenvalue weighted by molar-refractivity contribution is 5.93. The first-order chi connectivity index (χ1) is 20.8. The Morgan fingerprint density at radius 2 is 1.67 bits per heavy atom. The van der Waals surface area contributed by atoms with E-state index in [9.17, 15) is 24.6 Å². The van der Waals surface area contributed by atoms with Crippen LogP contribution in [0.1, 0.15) is 40.7 Å². The van der Waals surface area contributed by atoms with Crippen molar-refractivity contribution in [1.82, 2.24) is 25.2 Å². The van der Waals surface area contributed by atoms with Crippen molar-refractivity contribution in [3.05, 3.63) is 118 Å². The number of rotatable bonds is 12. The second-order valence-electron chi connectivity index (χ2n) is 10.2. The molecule has 2 unspecified atom stereocenters. The topological polar surface area (TPSA) is 163 Å². The fourth-order valence-electron chi connectivity index (χ4n) is 4.93. The quantitative estimate of drug-likeness (QED) is 0.173. The molecule has 5 rings (SSSR count). The summed E-state index contributed by atoms with van der Waals surface area (Å²) in [4.78, 5) is 40.1. The van der Waals surface area contributed by atoms with E-state index in [2.05, 4.69) is 20.6 Å². The van der Waals surface area contributed by atoms with Gasteiger partial charge in [-0.2, -0.15) is 15.2 Å². The number of carboxylic acids is 1. The smallest absolute Gasteiger partial charge is 0.460 e. The highest BCUT2D eigenvalue weighted by Crippen LogP contribution is 2.30. The lowest BCUT2D eigenvalue weighted by molar-refractivity contribution is -0.148. The van der Waals surface area contributed by atoms with Crippen LogP contribution < -0.4 is 11.1 Å². The maximum absolute atomic E-state index is 13.2. The normalized spacial score (nSPS) is 12.5. The molecular formula is C32H31N5O6. The van der Waals surface area contributed by atoms with Crippen LogP contribution in [0.4, 0.5) is 0 Å². The van der Waals surface area contributed by atoms with Gasteiger partial charge in [-0.25, -0.2) is 9.59 Å². The number of carbonyl (C=O) groups excluding carboxylic acids is 1. The first-order valence-corrected chi connectivity index (χ1v) is 13.9. The number of aliphatic hydroxyl groups is 1. The van der Waals surface area contributed by atoms with Crippen LogP contribution >= 0.6 is 0 Å². The Bertz CT molecular complexity index is 1760. The van der Waals surface area contributed by atoms with E-state index in [4.69, 9.17) is 4.52 Å². The summed E-state index contributed by atoms with van der Waals surface area (Å²) >= 11 is 0. The maximum Gasteiger partial charge on any atom is 0.460 e. The molecule has 0 radical (unpaired) electrons. The fourth-order valence-corrected chi connectivity index (χ4v) is 4.93. The third-order valence-corrected chi connectivity index (χ3v) is 7.07. The van der Waals surface area contributed by atoms with E-state index in [-0.39, 0.29) is 12.1 Å². The van der Waals surface area contributed by atoms with Crippen LogP contribution in [-0.4, -0.2) is 54.2 Å². The predicted octanol–water partition coefficient (Wildman–Crippen LogP) is 3.68. The van der Waals surface area contributed by atoms with Gasteiger partial charge in [-0.05, 0) is 41.2 Å². The summed E-state index contributed by atoms with van der Waals surface area (Å²) in [5, 5.41) is 29.5.